The third kappa shape index (κ3) is 4.47. The first-order valence-corrected chi connectivity index (χ1v) is 13.0. The number of imidazole rings is 1. The average Bonchev–Trinajstić information content (AvgIpc) is 3.37. The van der Waals surface area contributed by atoms with Crippen molar-refractivity contribution >= 4 is 32.9 Å². The van der Waals surface area contributed by atoms with Gasteiger partial charge >= 0.3 is 5.97 Å². The van der Waals surface area contributed by atoms with Gasteiger partial charge in [-0.3, -0.25) is 0 Å². The third-order valence-corrected chi connectivity index (χ3v) is 7.74. The van der Waals surface area contributed by atoms with Crippen LogP contribution in [0.4, 0.5) is 5.88 Å². The minimum absolute atomic E-state index is 0.0892. The summed E-state index contributed by atoms with van der Waals surface area (Å²) in [5.41, 5.74) is 4.78. The van der Waals surface area contributed by atoms with E-state index in [9.17, 15) is 18.3 Å². The highest BCUT2D eigenvalue weighted by molar-refractivity contribution is 7.92. The van der Waals surface area contributed by atoms with Crippen LogP contribution in [0, 0.1) is 20.8 Å². The Labute approximate surface area is 213 Å². The summed E-state index contributed by atoms with van der Waals surface area (Å²) >= 11 is 0. The van der Waals surface area contributed by atoms with Crippen molar-refractivity contribution in [2.45, 2.75) is 32.2 Å². The number of carbonyl (C=O) groups is 1. The van der Waals surface area contributed by atoms with E-state index in [1.54, 1.807) is 56.3 Å². The number of aromatic carboxylic acids is 1. The van der Waals surface area contributed by atoms with Crippen molar-refractivity contribution in [2.24, 2.45) is 0 Å². The third-order valence-electron chi connectivity index (χ3n) is 6.35. The minimum Gasteiger partial charge on any atom is -0.478 e. The number of para-hydroxylation sites is 1. The van der Waals surface area contributed by atoms with Gasteiger partial charge in [-0.15, -0.1) is 0 Å². The predicted octanol–water partition coefficient (Wildman–Crippen LogP) is 5.16. The van der Waals surface area contributed by atoms with Crippen molar-refractivity contribution in [2.75, 3.05) is 4.72 Å². The summed E-state index contributed by atoms with van der Waals surface area (Å²) in [5.74, 6) is -0.219. The van der Waals surface area contributed by atoms with Gasteiger partial charge in [-0.25, -0.2) is 22.9 Å². The van der Waals surface area contributed by atoms with E-state index in [2.05, 4.69) is 14.9 Å². The molecule has 9 nitrogen and oxygen atoms in total. The molecule has 0 atom stereocenters. The van der Waals surface area contributed by atoms with Gasteiger partial charge < -0.3 is 14.2 Å². The zero-order valence-electron chi connectivity index (χ0n) is 20.4. The Balaban J connectivity index is 1.47. The lowest BCUT2D eigenvalue weighted by molar-refractivity contribution is 0.0698. The second-order valence-electron chi connectivity index (χ2n) is 8.74. The molecule has 37 heavy (non-hydrogen) atoms. The SMILES string of the molecule is Cc1noc(NS(=O)(=O)c2ccccc2-c2ccc(Cn3c(C)nc4cccc(C(=O)O)c43)cc2)c1C. The van der Waals surface area contributed by atoms with Crippen molar-refractivity contribution in [1.82, 2.24) is 14.7 Å². The molecule has 2 N–H and O–H groups in total. The fraction of sp³-hybridized carbons (Fsp3) is 0.148. The lowest BCUT2D eigenvalue weighted by Crippen LogP contribution is -2.14. The first-order chi connectivity index (χ1) is 17.7. The number of nitrogens with zero attached hydrogens (tertiary/aromatic N) is 3. The Hall–Kier alpha value is -4.44. The quantitative estimate of drug-likeness (QED) is 0.306. The molecule has 0 amide bonds. The molecule has 3 aromatic carbocycles. The Bertz CT molecular complexity index is 1750. The standard InChI is InChI=1S/C27H24N4O5S/c1-16-17(2)29-36-26(16)30-37(34,35)24-10-5-4-7-21(24)20-13-11-19(12-14-20)15-31-18(3)28-23-9-6-8-22(25(23)31)27(32)33/h4-14,30H,15H2,1-3H3,(H,32,33). The van der Waals surface area contributed by atoms with Crippen molar-refractivity contribution < 1.29 is 22.8 Å². The molecule has 0 saturated heterocycles. The molecule has 0 radical (unpaired) electrons. The number of hydrogen-bond donors (Lipinski definition) is 2. The molecule has 188 valence electrons. The molecule has 5 rings (SSSR count). The van der Waals surface area contributed by atoms with Crippen LogP contribution in [0.1, 0.15) is 33.0 Å². The van der Waals surface area contributed by atoms with E-state index in [-0.39, 0.29) is 16.3 Å². The smallest absolute Gasteiger partial charge is 0.337 e. The summed E-state index contributed by atoms with van der Waals surface area (Å²) in [6.45, 7) is 5.73. The van der Waals surface area contributed by atoms with Crippen molar-refractivity contribution in [3.8, 4) is 11.1 Å². The first kappa shape index (κ1) is 24.3. The maximum absolute atomic E-state index is 13.2. The van der Waals surface area contributed by atoms with E-state index in [4.69, 9.17) is 4.52 Å². The van der Waals surface area contributed by atoms with Crippen LogP contribution in [0.25, 0.3) is 22.2 Å². The Morgan fingerprint density at radius 2 is 1.73 bits per heavy atom. The topological polar surface area (TPSA) is 127 Å². The van der Waals surface area contributed by atoms with Gasteiger partial charge in [-0.1, -0.05) is 53.7 Å². The highest BCUT2D eigenvalue weighted by atomic mass is 32.2. The number of aryl methyl sites for hydroxylation is 2. The van der Waals surface area contributed by atoms with Gasteiger partial charge in [0.05, 0.1) is 27.2 Å². The van der Waals surface area contributed by atoms with Crippen LogP contribution in [0.3, 0.4) is 0 Å². The van der Waals surface area contributed by atoms with E-state index >= 15 is 0 Å². The number of rotatable bonds is 7. The van der Waals surface area contributed by atoms with Gasteiger partial charge in [0.15, 0.2) is 0 Å². The first-order valence-electron chi connectivity index (χ1n) is 11.5. The van der Waals surface area contributed by atoms with E-state index in [1.165, 1.54) is 0 Å². The molecule has 5 aromatic rings. The number of sulfonamides is 1. The largest absolute Gasteiger partial charge is 0.478 e. The fourth-order valence-electron chi connectivity index (χ4n) is 4.27. The maximum Gasteiger partial charge on any atom is 0.337 e. The number of hydrogen-bond acceptors (Lipinski definition) is 6. The number of carboxylic acid groups (broad SMARTS) is 1. The van der Waals surface area contributed by atoms with Crippen LogP contribution in [-0.4, -0.2) is 34.2 Å². The number of benzene rings is 3. The zero-order chi connectivity index (χ0) is 26.3. The average molecular weight is 517 g/mol. The van der Waals surface area contributed by atoms with E-state index in [0.29, 0.717) is 45.8 Å². The minimum atomic E-state index is -3.95. The van der Waals surface area contributed by atoms with Crippen LogP contribution >= 0.6 is 0 Å². The highest BCUT2D eigenvalue weighted by Crippen LogP contribution is 2.30. The van der Waals surface area contributed by atoms with Crippen LogP contribution in [-0.2, 0) is 16.6 Å². The Kier molecular flexibility index (Phi) is 6.04. The highest BCUT2D eigenvalue weighted by Gasteiger charge is 2.23. The Morgan fingerprint density at radius 1 is 1.00 bits per heavy atom. The van der Waals surface area contributed by atoms with Crippen LogP contribution < -0.4 is 4.72 Å². The molecule has 0 aliphatic carbocycles. The number of anilines is 1. The van der Waals surface area contributed by atoms with Gasteiger partial charge in [0.2, 0.25) is 5.88 Å². The molecule has 0 bridgehead atoms. The van der Waals surface area contributed by atoms with Crippen LogP contribution in [0.2, 0.25) is 0 Å². The van der Waals surface area contributed by atoms with Crippen molar-refractivity contribution in [3.05, 3.63) is 94.9 Å². The zero-order valence-corrected chi connectivity index (χ0v) is 21.2. The normalized spacial score (nSPS) is 11.6. The number of fused-ring (bicyclic) bond motifs is 1. The lowest BCUT2D eigenvalue weighted by Gasteiger charge is -2.13. The van der Waals surface area contributed by atoms with E-state index < -0.39 is 16.0 Å². The van der Waals surface area contributed by atoms with Gasteiger partial charge in [-0.05, 0) is 50.1 Å². The monoisotopic (exact) mass is 516 g/mol. The molecule has 0 saturated carbocycles. The summed E-state index contributed by atoms with van der Waals surface area (Å²) in [6.07, 6.45) is 0. The second kappa shape index (κ2) is 9.21. The summed E-state index contributed by atoms with van der Waals surface area (Å²) in [5, 5.41) is 13.5. The maximum atomic E-state index is 13.2. The van der Waals surface area contributed by atoms with Crippen molar-refractivity contribution in [1.29, 1.82) is 0 Å². The molecule has 2 heterocycles. The summed E-state index contributed by atoms with van der Waals surface area (Å²) < 4.78 is 36.0. The molecular formula is C27H24N4O5S. The van der Waals surface area contributed by atoms with E-state index in [1.807, 2.05) is 35.8 Å². The molecule has 0 fully saturated rings. The van der Waals surface area contributed by atoms with Crippen LogP contribution in [0.15, 0.2) is 76.1 Å². The summed E-state index contributed by atoms with van der Waals surface area (Å²) in [6, 6.07) is 19.3. The van der Waals surface area contributed by atoms with Gasteiger partial charge in [0.25, 0.3) is 10.0 Å². The predicted molar refractivity (Wildman–Crippen MR) is 139 cm³/mol. The molecule has 0 spiro atoms. The molecular weight excluding hydrogens is 492 g/mol. The molecule has 0 unspecified atom stereocenters. The number of aromatic nitrogens is 3. The molecule has 10 heteroatoms. The lowest BCUT2D eigenvalue weighted by atomic mass is 10.0. The Morgan fingerprint density at radius 3 is 2.41 bits per heavy atom. The second-order valence-corrected chi connectivity index (χ2v) is 10.4. The molecule has 0 aliphatic heterocycles. The van der Waals surface area contributed by atoms with Gasteiger partial charge in [0.1, 0.15) is 5.82 Å². The van der Waals surface area contributed by atoms with E-state index in [0.717, 1.165) is 5.56 Å². The summed E-state index contributed by atoms with van der Waals surface area (Å²) in [7, 11) is -3.95. The molecule has 0 aliphatic rings. The fourth-order valence-corrected chi connectivity index (χ4v) is 5.54. The van der Waals surface area contributed by atoms with Crippen molar-refractivity contribution in [3.63, 3.8) is 0 Å². The summed E-state index contributed by atoms with van der Waals surface area (Å²) in [4.78, 5) is 16.4. The number of carboxylic acids is 1. The van der Waals surface area contributed by atoms with Gasteiger partial charge in [0, 0.05) is 17.7 Å². The number of nitrogens with one attached hydrogen (secondary N) is 1. The molecule has 2 aromatic heterocycles. The van der Waals surface area contributed by atoms with Gasteiger partial charge in [-0.2, -0.15) is 0 Å². The van der Waals surface area contributed by atoms with Crippen LogP contribution in [0.5, 0.6) is 0 Å².